The van der Waals surface area contributed by atoms with Crippen molar-refractivity contribution in [1.29, 1.82) is 0 Å². The average Bonchev–Trinajstić information content (AvgIpc) is 2.39. The summed E-state index contributed by atoms with van der Waals surface area (Å²) in [5, 5.41) is 12.3. The van der Waals surface area contributed by atoms with Crippen LogP contribution in [0.15, 0.2) is 18.3 Å². The standard InChI is InChI=1S/C13H21N3O2/c1-10-7-16(8-12(9-17)18-10)13-4-3-11(5-14-2)6-15-13/h3-4,6,10,12,14,17H,5,7-9H2,1-2H3. The van der Waals surface area contributed by atoms with Crippen LogP contribution in [-0.2, 0) is 11.3 Å². The second kappa shape index (κ2) is 6.13. The van der Waals surface area contributed by atoms with Crippen molar-refractivity contribution in [1.82, 2.24) is 10.3 Å². The molecule has 2 unspecified atom stereocenters. The first-order chi connectivity index (χ1) is 8.72. The minimum atomic E-state index is -0.118. The van der Waals surface area contributed by atoms with Crippen LogP contribution >= 0.6 is 0 Å². The van der Waals surface area contributed by atoms with E-state index in [1.165, 1.54) is 5.56 Å². The van der Waals surface area contributed by atoms with Crippen LogP contribution in [-0.4, -0.2) is 49.0 Å². The van der Waals surface area contributed by atoms with Gasteiger partial charge < -0.3 is 20.1 Å². The fourth-order valence-corrected chi connectivity index (χ4v) is 2.25. The maximum Gasteiger partial charge on any atom is 0.128 e. The predicted molar refractivity (Wildman–Crippen MR) is 70.6 cm³/mol. The van der Waals surface area contributed by atoms with E-state index in [1.807, 2.05) is 26.2 Å². The van der Waals surface area contributed by atoms with Gasteiger partial charge in [-0.25, -0.2) is 4.98 Å². The molecule has 5 heteroatoms. The number of hydrogen-bond acceptors (Lipinski definition) is 5. The Balaban J connectivity index is 2.05. The largest absolute Gasteiger partial charge is 0.394 e. The third-order valence-electron chi connectivity index (χ3n) is 3.04. The molecule has 1 aromatic rings. The van der Waals surface area contributed by atoms with E-state index in [0.717, 1.165) is 18.9 Å². The van der Waals surface area contributed by atoms with Crippen molar-refractivity contribution in [2.24, 2.45) is 0 Å². The molecule has 100 valence electrons. The number of ether oxygens (including phenoxy) is 1. The van der Waals surface area contributed by atoms with Gasteiger partial charge >= 0.3 is 0 Å². The number of aromatic nitrogens is 1. The Kier molecular flexibility index (Phi) is 4.52. The number of nitrogens with zero attached hydrogens (tertiary/aromatic N) is 2. The van der Waals surface area contributed by atoms with Crippen LogP contribution in [0.1, 0.15) is 12.5 Å². The molecule has 0 aliphatic carbocycles. The Morgan fingerprint density at radius 1 is 1.50 bits per heavy atom. The minimum Gasteiger partial charge on any atom is -0.394 e. The second-order valence-electron chi connectivity index (χ2n) is 4.71. The van der Waals surface area contributed by atoms with Crippen molar-refractivity contribution < 1.29 is 9.84 Å². The molecule has 1 fully saturated rings. The molecular weight excluding hydrogens is 230 g/mol. The van der Waals surface area contributed by atoms with Crippen molar-refractivity contribution in [3.63, 3.8) is 0 Å². The summed E-state index contributed by atoms with van der Waals surface area (Å²) in [4.78, 5) is 6.64. The highest BCUT2D eigenvalue weighted by Crippen LogP contribution is 2.18. The summed E-state index contributed by atoms with van der Waals surface area (Å²) >= 11 is 0. The number of nitrogens with one attached hydrogen (secondary N) is 1. The Morgan fingerprint density at radius 3 is 2.94 bits per heavy atom. The van der Waals surface area contributed by atoms with Crippen molar-refractivity contribution >= 4 is 5.82 Å². The van der Waals surface area contributed by atoms with Gasteiger partial charge in [0.1, 0.15) is 5.82 Å². The summed E-state index contributed by atoms with van der Waals surface area (Å²) in [6, 6.07) is 4.10. The molecule has 1 saturated heterocycles. The topological polar surface area (TPSA) is 57.6 Å². The van der Waals surface area contributed by atoms with E-state index in [0.29, 0.717) is 6.54 Å². The summed E-state index contributed by atoms with van der Waals surface area (Å²) < 4.78 is 5.62. The lowest BCUT2D eigenvalue weighted by molar-refractivity contribution is -0.0423. The Bertz CT molecular complexity index is 369. The number of aliphatic hydroxyl groups excluding tert-OH is 1. The summed E-state index contributed by atoms with van der Waals surface area (Å²) in [6.45, 7) is 4.41. The van der Waals surface area contributed by atoms with Gasteiger partial charge in [0.15, 0.2) is 0 Å². The molecule has 0 amide bonds. The molecule has 0 radical (unpaired) electrons. The molecule has 2 heterocycles. The lowest BCUT2D eigenvalue weighted by atomic mass is 10.2. The molecule has 0 saturated carbocycles. The number of anilines is 1. The van der Waals surface area contributed by atoms with Crippen LogP contribution < -0.4 is 10.2 Å². The normalized spacial score (nSPS) is 24.3. The van der Waals surface area contributed by atoms with Crippen LogP contribution in [0.3, 0.4) is 0 Å². The Labute approximate surface area is 108 Å². The lowest BCUT2D eigenvalue weighted by Crippen LogP contribution is -2.48. The molecule has 1 aromatic heterocycles. The molecule has 0 bridgehead atoms. The molecule has 1 aliphatic rings. The monoisotopic (exact) mass is 251 g/mol. The Morgan fingerprint density at radius 2 is 2.33 bits per heavy atom. The van der Waals surface area contributed by atoms with Crippen LogP contribution in [0.4, 0.5) is 5.82 Å². The van der Waals surface area contributed by atoms with Gasteiger partial charge in [-0.3, -0.25) is 0 Å². The SMILES string of the molecule is CNCc1ccc(N2CC(C)OC(CO)C2)nc1. The number of aliphatic hydroxyl groups is 1. The van der Waals surface area contributed by atoms with E-state index in [4.69, 9.17) is 4.74 Å². The first-order valence-electron chi connectivity index (χ1n) is 6.33. The summed E-state index contributed by atoms with van der Waals surface area (Å²) in [6.07, 6.45) is 1.89. The van der Waals surface area contributed by atoms with Gasteiger partial charge in [-0.15, -0.1) is 0 Å². The molecular formula is C13H21N3O2. The van der Waals surface area contributed by atoms with Crippen molar-refractivity contribution in [2.45, 2.75) is 25.7 Å². The minimum absolute atomic E-state index is 0.0542. The molecule has 2 N–H and O–H groups in total. The van der Waals surface area contributed by atoms with Gasteiger partial charge in [0.2, 0.25) is 0 Å². The first-order valence-corrected chi connectivity index (χ1v) is 6.33. The quantitative estimate of drug-likeness (QED) is 0.810. The summed E-state index contributed by atoms with van der Waals surface area (Å²) in [5.41, 5.74) is 1.17. The smallest absolute Gasteiger partial charge is 0.128 e. The van der Waals surface area contributed by atoms with Gasteiger partial charge in [-0.1, -0.05) is 6.07 Å². The molecule has 2 rings (SSSR count). The van der Waals surface area contributed by atoms with Gasteiger partial charge in [0, 0.05) is 25.8 Å². The van der Waals surface area contributed by atoms with E-state index in [2.05, 4.69) is 21.3 Å². The molecule has 18 heavy (non-hydrogen) atoms. The average molecular weight is 251 g/mol. The van der Waals surface area contributed by atoms with Crippen LogP contribution in [0, 0.1) is 0 Å². The van der Waals surface area contributed by atoms with E-state index >= 15 is 0 Å². The number of morpholine rings is 1. The van der Waals surface area contributed by atoms with E-state index < -0.39 is 0 Å². The van der Waals surface area contributed by atoms with Gasteiger partial charge in [-0.05, 0) is 25.6 Å². The van der Waals surface area contributed by atoms with Crippen LogP contribution in [0.25, 0.3) is 0 Å². The number of rotatable bonds is 4. The number of pyridine rings is 1. The highest BCUT2D eigenvalue weighted by atomic mass is 16.5. The van der Waals surface area contributed by atoms with Crippen molar-refractivity contribution in [3.8, 4) is 0 Å². The van der Waals surface area contributed by atoms with Gasteiger partial charge in [0.05, 0.1) is 18.8 Å². The van der Waals surface area contributed by atoms with Crippen molar-refractivity contribution in [3.05, 3.63) is 23.9 Å². The fraction of sp³-hybridized carbons (Fsp3) is 0.615. The summed E-state index contributed by atoms with van der Waals surface area (Å²) in [5.74, 6) is 0.948. The molecule has 2 atom stereocenters. The Hall–Kier alpha value is -1.17. The maximum absolute atomic E-state index is 9.21. The van der Waals surface area contributed by atoms with Crippen LogP contribution in [0.2, 0.25) is 0 Å². The third-order valence-corrected chi connectivity index (χ3v) is 3.04. The lowest BCUT2D eigenvalue weighted by Gasteiger charge is -2.36. The zero-order chi connectivity index (χ0) is 13.0. The zero-order valence-electron chi connectivity index (χ0n) is 11.0. The molecule has 0 spiro atoms. The first kappa shape index (κ1) is 13.3. The zero-order valence-corrected chi connectivity index (χ0v) is 11.0. The molecule has 5 nitrogen and oxygen atoms in total. The summed E-state index contributed by atoms with van der Waals surface area (Å²) in [7, 11) is 1.92. The third kappa shape index (κ3) is 3.19. The highest BCUT2D eigenvalue weighted by molar-refractivity contribution is 5.40. The van der Waals surface area contributed by atoms with E-state index in [9.17, 15) is 5.11 Å². The fourth-order valence-electron chi connectivity index (χ4n) is 2.25. The van der Waals surface area contributed by atoms with E-state index in [1.54, 1.807) is 0 Å². The molecule has 0 aromatic carbocycles. The molecule has 1 aliphatic heterocycles. The van der Waals surface area contributed by atoms with Gasteiger partial charge in [-0.2, -0.15) is 0 Å². The maximum atomic E-state index is 9.21. The van der Waals surface area contributed by atoms with E-state index in [-0.39, 0.29) is 18.8 Å². The predicted octanol–water partition coefficient (Wildman–Crippen LogP) is 0.387. The second-order valence-corrected chi connectivity index (χ2v) is 4.71. The van der Waals surface area contributed by atoms with Gasteiger partial charge in [0.25, 0.3) is 0 Å². The van der Waals surface area contributed by atoms with Crippen molar-refractivity contribution in [2.75, 3.05) is 31.6 Å². The highest BCUT2D eigenvalue weighted by Gasteiger charge is 2.25. The van der Waals surface area contributed by atoms with Crippen LogP contribution in [0.5, 0.6) is 0 Å². The number of hydrogen-bond donors (Lipinski definition) is 2.